The van der Waals surface area contributed by atoms with Crippen LogP contribution in [-0.4, -0.2) is 224 Å². The van der Waals surface area contributed by atoms with Gasteiger partial charge in [-0.2, -0.15) is 0 Å². The molecule has 0 rings (SSSR count). The number of methoxy groups -OCH3 is 1. The molecule has 0 aliphatic rings. The zero-order valence-electron chi connectivity index (χ0n) is 53.8. The average Bonchev–Trinajstić information content (AvgIpc) is 3.61. The number of rotatable bonds is 57. The van der Waals surface area contributed by atoms with Crippen molar-refractivity contribution in [3.8, 4) is 0 Å². The summed E-state index contributed by atoms with van der Waals surface area (Å²) >= 11 is 0. The van der Waals surface area contributed by atoms with Gasteiger partial charge in [-0.05, 0) is 128 Å². The third-order valence-corrected chi connectivity index (χ3v) is 17.0. The van der Waals surface area contributed by atoms with Gasteiger partial charge in [-0.15, -0.1) is 0 Å². The Balaban J connectivity index is 5.40. The highest BCUT2D eigenvalue weighted by Gasteiger charge is 2.45. The molecule has 0 bridgehead atoms. The maximum atomic E-state index is 14.4. The molecule has 0 saturated carbocycles. The molecule has 0 aromatic heterocycles. The van der Waals surface area contributed by atoms with Crippen LogP contribution in [0, 0.1) is 27.1 Å². The topological polar surface area (TPSA) is 244 Å². The fraction of sp³-hybridized carbons (Fsp3) is 0.917. The molecule has 0 fully saturated rings. The van der Waals surface area contributed by atoms with Crippen LogP contribution in [0.15, 0.2) is 0 Å². The fourth-order valence-corrected chi connectivity index (χ4v) is 9.53. The number of hydrogen-bond acceptors (Lipinski definition) is 23. The molecule has 2 N–H and O–H groups in total. The summed E-state index contributed by atoms with van der Waals surface area (Å²) in [6, 6.07) is 0.479. The molecule has 0 aromatic rings. The van der Waals surface area contributed by atoms with Crippen LogP contribution in [0.5, 0.6) is 0 Å². The Morgan fingerprint density at radius 2 is 0.675 bits per heavy atom. The molecule has 490 valence electrons. The van der Waals surface area contributed by atoms with Gasteiger partial charge in [0.05, 0.1) is 139 Å². The molecule has 3 atom stereocenters. The number of nitrogens with two attached hydrogens (primary N) is 1. The molecule has 23 heteroatoms. The van der Waals surface area contributed by atoms with Gasteiger partial charge in [0.15, 0.2) is 0 Å². The third kappa shape index (κ3) is 37.8. The Bertz CT molecular complexity index is 1690. The Labute approximate surface area is 507 Å². The summed E-state index contributed by atoms with van der Waals surface area (Å²) in [5.41, 5.74) is 0.955. The van der Waals surface area contributed by atoms with Gasteiger partial charge in [-0.1, -0.05) is 35.4 Å². The molecular weight excluding hydrogens is 1120 g/mol. The maximum absolute atomic E-state index is 14.4. The zero-order chi connectivity index (χ0) is 62.5. The summed E-state index contributed by atoms with van der Waals surface area (Å²) in [5, 5.41) is 0. The van der Waals surface area contributed by atoms with Crippen molar-refractivity contribution in [1.82, 2.24) is 4.90 Å². The normalized spacial score (nSPS) is 14.3. The molecule has 3 unspecified atom stereocenters. The van der Waals surface area contributed by atoms with E-state index in [4.69, 9.17) is 72.0 Å². The van der Waals surface area contributed by atoms with Gasteiger partial charge in [0.1, 0.15) is 33.0 Å². The van der Waals surface area contributed by atoms with Crippen LogP contribution >= 0.6 is 21.6 Å². The second-order valence-electron chi connectivity index (χ2n) is 23.1. The summed E-state index contributed by atoms with van der Waals surface area (Å²) < 4.78 is 77.7. The second-order valence-corrected chi connectivity index (χ2v) is 25.8. The predicted molar refractivity (Wildman–Crippen MR) is 324 cm³/mol. The number of carbonyl (C=O) groups is 5. The van der Waals surface area contributed by atoms with E-state index in [1.807, 2.05) is 48.5 Å². The molecule has 0 saturated heterocycles. The summed E-state index contributed by atoms with van der Waals surface area (Å²) in [5.74, 6) is -0.847. The molecule has 0 amide bonds. The lowest BCUT2D eigenvalue weighted by Crippen LogP contribution is -2.41. The van der Waals surface area contributed by atoms with E-state index in [0.717, 1.165) is 0 Å². The van der Waals surface area contributed by atoms with E-state index >= 15 is 0 Å². The minimum atomic E-state index is -1.13. The van der Waals surface area contributed by atoms with Crippen LogP contribution in [0.2, 0.25) is 0 Å². The second kappa shape index (κ2) is 47.6. The van der Waals surface area contributed by atoms with Crippen molar-refractivity contribution in [1.29, 1.82) is 0 Å². The Hall–Kier alpha value is -2.39. The van der Waals surface area contributed by atoms with Crippen LogP contribution in [0.1, 0.15) is 141 Å². The summed E-state index contributed by atoms with van der Waals surface area (Å²) in [6.45, 7) is 33.9. The van der Waals surface area contributed by atoms with Crippen LogP contribution in [0.4, 0.5) is 0 Å². The van der Waals surface area contributed by atoms with Crippen LogP contribution < -0.4 is 5.73 Å². The fourth-order valence-electron chi connectivity index (χ4n) is 7.87. The van der Waals surface area contributed by atoms with Crippen LogP contribution in [0.25, 0.3) is 0 Å². The van der Waals surface area contributed by atoms with Crippen molar-refractivity contribution < 1.29 is 90.3 Å². The Morgan fingerprint density at radius 1 is 0.373 bits per heavy atom. The predicted octanol–water partition coefficient (Wildman–Crippen LogP) is 8.17. The average molecular weight is 1230 g/mol. The first kappa shape index (κ1) is 80.6. The SMILES string of the molecule is CCC(C)(C)C(=O)OCCSSCCOC(=O)C(C)(CCC(C)(CC)C(=O)OCCOCCOCCOCCOCCOCCOCCOCCOCCOC)CCC(C)(CCC(C)(C)C(=O)OCCN)C(=O)OCCN(C(C)C)C(C)C. The standard InChI is InChI=1S/C60H114N2O19S2/c1-15-56(7,8)51(63)80-45-47-82-83-48-46-81-55(67)60(13,22-21-59(12,18-17-57(9,10)52(64)77-25-23-61)54(66)78-26-24-62(49(3)4)50(5)6)20-19-58(11,16-2)53(65)79-44-43-76-42-41-75-40-39-74-38-37-73-36-35-72-34-33-71-32-31-70-30-29-69-28-27-68-14/h49-50H,15-48,61H2,1-14H3. The monoisotopic (exact) mass is 1230 g/mol. The largest absolute Gasteiger partial charge is 0.464 e. The zero-order valence-corrected chi connectivity index (χ0v) is 55.4. The van der Waals surface area contributed by atoms with E-state index < -0.39 is 51.0 Å². The number of hydrogen-bond donors (Lipinski definition) is 1. The van der Waals surface area contributed by atoms with Gasteiger partial charge >= 0.3 is 29.8 Å². The smallest absolute Gasteiger partial charge is 0.311 e. The lowest BCUT2D eigenvalue weighted by molar-refractivity contribution is -0.163. The summed E-state index contributed by atoms with van der Waals surface area (Å²) in [4.78, 5) is 70.3. The molecule has 0 aromatic carbocycles. The number of ether oxygens (including phenoxy) is 14. The molecule has 0 radical (unpaired) electrons. The minimum absolute atomic E-state index is 0.0374. The van der Waals surface area contributed by atoms with E-state index in [2.05, 4.69) is 32.6 Å². The summed E-state index contributed by atoms with van der Waals surface area (Å²) in [6.07, 6.45) is 2.72. The van der Waals surface area contributed by atoms with Gasteiger partial charge in [0.2, 0.25) is 0 Å². The van der Waals surface area contributed by atoms with Crippen molar-refractivity contribution >= 4 is 51.4 Å². The van der Waals surface area contributed by atoms with Gasteiger partial charge in [0, 0.05) is 43.8 Å². The van der Waals surface area contributed by atoms with Gasteiger partial charge < -0.3 is 72.0 Å². The van der Waals surface area contributed by atoms with E-state index in [1.54, 1.807) is 21.0 Å². The third-order valence-electron chi connectivity index (χ3n) is 14.6. The van der Waals surface area contributed by atoms with Crippen molar-refractivity contribution in [2.24, 2.45) is 32.8 Å². The van der Waals surface area contributed by atoms with Gasteiger partial charge in [-0.3, -0.25) is 28.9 Å². The molecule has 0 aliphatic carbocycles. The first-order chi connectivity index (χ1) is 39.4. The first-order valence-corrected chi connectivity index (χ1v) is 32.6. The highest BCUT2D eigenvalue weighted by molar-refractivity contribution is 8.76. The van der Waals surface area contributed by atoms with E-state index in [9.17, 15) is 24.0 Å². The van der Waals surface area contributed by atoms with Crippen molar-refractivity contribution in [3.63, 3.8) is 0 Å². The molecule has 21 nitrogen and oxygen atoms in total. The number of nitrogens with zero attached hydrogens (tertiary/aromatic N) is 1. The molecule has 83 heavy (non-hydrogen) atoms. The van der Waals surface area contributed by atoms with Gasteiger partial charge in [-0.25, -0.2) is 0 Å². The van der Waals surface area contributed by atoms with Gasteiger partial charge in [0.25, 0.3) is 0 Å². The lowest BCUT2D eigenvalue weighted by Gasteiger charge is -2.36. The van der Waals surface area contributed by atoms with E-state index in [1.165, 1.54) is 21.6 Å². The molecular formula is C60H114N2O19S2. The Kier molecular flexibility index (Phi) is 46.3. The van der Waals surface area contributed by atoms with E-state index in [0.29, 0.717) is 149 Å². The number of esters is 5. The first-order valence-electron chi connectivity index (χ1n) is 30.1. The minimum Gasteiger partial charge on any atom is -0.464 e. The van der Waals surface area contributed by atoms with Crippen molar-refractivity contribution in [2.75, 3.05) is 177 Å². The Morgan fingerprint density at radius 3 is 1.04 bits per heavy atom. The van der Waals surface area contributed by atoms with Crippen LogP contribution in [-0.2, 0) is 90.3 Å². The highest BCUT2D eigenvalue weighted by atomic mass is 33.1. The van der Waals surface area contributed by atoms with E-state index in [-0.39, 0.29) is 89.9 Å². The molecule has 0 spiro atoms. The summed E-state index contributed by atoms with van der Waals surface area (Å²) in [7, 11) is 4.67. The molecule has 0 aliphatic heterocycles. The lowest BCUT2D eigenvalue weighted by atomic mass is 9.69. The van der Waals surface area contributed by atoms with Crippen molar-refractivity contribution in [3.05, 3.63) is 0 Å². The highest BCUT2D eigenvalue weighted by Crippen LogP contribution is 2.44. The number of carbonyl (C=O) groups excluding carboxylic acids is 5. The molecule has 0 heterocycles. The van der Waals surface area contributed by atoms with Crippen LogP contribution in [0.3, 0.4) is 0 Å². The maximum Gasteiger partial charge on any atom is 0.311 e. The van der Waals surface area contributed by atoms with Crippen molar-refractivity contribution in [2.45, 2.75) is 153 Å². The quantitative estimate of drug-likeness (QED) is 0.0261.